The zero-order valence-corrected chi connectivity index (χ0v) is 12.8. The summed E-state index contributed by atoms with van der Waals surface area (Å²) in [6.07, 6.45) is 1.13. The Morgan fingerprint density at radius 3 is 2.84 bits per heavy atom. The maximum Gasteiger partial charge on any atom is 0.220 e. The van der Waals surface area contributed by atoms with Crippen LogP contribution in [0.25, 0.3) is 0 Å². The minimum atomic E-state index is 0.0489. The van der Waals surface area contributed by atoms with E-state index < -0.39 is 0 Å². The van der Waals surface area contributed by atoms with Crippen LogP contribution in [0, 0.1) is 0 Å². The van der Waals surface area contributed by atoms with Crippen molar-refractivity contribution in [3.05, 3.63) is 50.6 Å². The van der Waals surface area contributed by atoms with Gasteiger partial charge in [0.2, 0.25) is 5.91 Å². The monoisotopic (exact) mass is 338 g/mol. The Morgan fingerprint density at radius 1 is 1.37 bits per heavy atom. The van der Waals surface area contributed by atoms with E-state index in [4.69, 9.17) is 5.73 Å². The normalized spacial score (nSPS) is 10.4. The van der Waals surface area contributed by atoms with Crippen molar-refractivity contribution < 1.29 is 4.79 Å². The van der Waals surface area contributed by atoms with E-state index in [-0.39, 0.29) is 5.91 Å². The molecule has 1 aromatic heterocycles. The standard InChI is InChI=1S/C14H15BrN2OS/c15-11-7-12(19-9-11)8-17-14(18)6-5-10-3-1-2-4-13(10)16/h1-4,7,9H,5-6,8,16H2,(H,17,18). The summed E-state index contributed by atoms with van der Waals surface area (Å²) in [5.74, 6) is 0.0489. The summed E-state index contributed by atoms with van der Waals surface area (Å²) < 4.78 is 1.05. The molecular weight excluding hydrogens is 324 g/mol. The number of carbonyl (C=O) groups is 1. The number of anilines is 1. The zero-order chi connectivity index (χ0) is 13.7. The molecule has 0 aliphatic carbocycles. The summed E-state index contributed by atoms with van der Waals surface area (Å²) >= 11 is 5.02. The average Bonchev–Trinajstić information content (AvgIpc) is 2.81. The number of nitrogens with one attached hydrogen (secondary N) is 1. The van der Waals surface area contributed by atoms with E-state index in [1.165, 1.54) is 0 Å². The highest BCUT2D eigenvalue weighted by molar-refractivity contribution is 9.10. The lowest BCUT2D eigenvalue weighted by molar-refractivity contribution is -0.121. The number of nitrogen functional groups attached to an aromatic ring is 1. The van der Waals surface area contributed by atoms with Crippen molar-refractivity contribution in [1.29, 1.82) is 0 Å². The molecule has 100 valence electrons. The molecule has 0 saturated heterocycles. The zero-order valence-electron chi connectivity index (χ0n) is 10.4. The number of rotatable bonds is 5. The second-order valence-corrected chi connectivity index (χ2v) is 6.12. The third kappa shape index (κ3) is 4.36. The van der Waals surface area contributed by atoms with E-state index in [1.54, 1.807) is 11.3 Å². The number of amides is 1. The molecule has 0 saturated carbocycles. The minimum absolute atomic E-state index is 0.0489. The van der Waals surface area contributed by atoms with Crippen LogP contribution in [0.3, 0.4) is 0 Å². The van der Waals surface area contributed by atoms with E-state index >= 15 is 0 Å². The topological polar surface area (TPSA) is 55.1 Å². The van der Waals surface area contributed by atoms with E-state index in [9.17, 15) is 4.79 Å². The van der Waals surface area contributed by atoms with Crippen molar-refractivity contribution in [2.75, 3.05) is 5.73 Å². The van der Waals surface area contributed by atoms with Gasteiger partial charge in [-0.05, 0) is 40.0 Å². The van der Waals surface area contributed by atoms with E-state index in [2.05, 4.69) is 21.2 Å². The number of para-hydroxylation sites is 1. The number of aryl methyl sites for hydroxylation is 1. The molecule has 19 heavy (non-hydrogen) atoms. The van der Waals surface area contributed by atoms with E-state index in [1.807, 2.05) is 35.7 Å². The quantitative estimate of drug-likeness (QED) is 0.821. The second kappa shape index (κ2) is 6.73. The molecule has 3 nitrogen and oxygen atoms in total. The highest BCUT2D eigenvalue weighted by atomic mass is 79.9. The van der Waals surface area contributed by atoms with E-state index in [0.29, 0.717) is 19.4 Å². The van der Waals surface area contributed by atoms with Gasteiger partial charge in [-0.2, -0.15) is 0 Å². The Kier molecular flexibility index (Phi) is 4.99. The van der Waals surface area contributed by atoms with Crippen LogP contribution >= 0.6 is 27.3 Å². The number of halogens is 1. The molecule has 0 bridgehead atoms. The maximum atomic E-state index is 11.7. The van der Waals surface area contributed by atoms with Gasteiger partial charge in [0.15, 0.2) is 0 Å². The number of carbonyl (C=O) groups excluding carboxylic acids is 1. The Bertz CT molecular complexity index is 568. The van der Waals surface area contributed by atoms with Crippen LogP contribution < -0.4 is 11.1 Å². The third-order valence-electron chi connectivity index (χ3n) is 2.76. The SMILES string of the molecule is Nc1ccccc1CCC(=O)NCc1cc(Br)cs1. The van der Waals surface area contributed by atoms with E-state index in [0.717, 1.165) is 20.6 Å². The highest BCUT2D eigenvalue weighted by Crippen LogP contribution is 2.19. The average molecular weight is 339 g/mol. The molecule has 0 aliphatic heterocycles. The Hall–Kier alpha value is -1.33. The number of hydrogen-bond acceptors (Lipinski definition) is 3. The summed E-state index contributed by atoms with van der Waals surface area (Å²) in [6.45, 7) is 0.583. The summed E-state index contributed by atoms with van der Waals surface area (Å²) in [4.78, 5) is 12.9. The number of hydrogen-bond donors (Lipinski definition) is 2. The molecule has 0 fully saturated rings. The van der Waals surface area contributed by atoms with Gasteiger partial charge in [0.25, 0.3) is 0 Å². The van der Waals surface area contributed by atoms with Crippen molar-refractivity contribution in [2.45, 2.75) is 19.4 Å². The Morgan fingerprint density at radius 2 is 2.16 bits per heavy atom. The molecule has 5 heteroatoms. The van der Waals surface area contributed by atoms with Crippen LogP contribution in [0.4, 0.5) is 5.69 Å². The fourth-order valence-corrected chi connectivity index (χ4v) is 3.12. The summed E-state index contributed by atoms with van der Waals surface area (Å²) in [5, 5.41) is 4.92. The lowest BCUT2D eigenvalue weighted by Gasteiger charge is -2.06. The molecule has 3 N–H and O–H groups in total. The number of benzene rings is 1. The van der Waals surface area contributed by atoms with Crippen LogP contribution in [0.1, 0.15) is 16.9 Å². The number of nitrogens with two attached hydrogens (primary N) is 1. The molecule has 1 heterocycles. The van der Waals surface area contributed by atoms with Gasteiger partial charge < -0.3 is 11.1 Å². The van der Waals surface area contributed by atoms with Crippen molar-refractivity contribution in [2.24, 2.45) is 0 Å². The third-order valence-corrected chi connectivity index (χ3v) is 4.46. The van der Waals surface area contributed by atoms with Crippen molar-refractivity contribution in [3.8, 4) is 0 Å². The minimum Gasteiger partial charge on any atom is -0.399 e. The first kappa shape index (κ1) is 14.1. The first-order chi connectivity index (χ1) is 9.15. The van der Waals surface area contributed by atoms with Gasteiger partial charge >= 0.3 is 0 Å². The summed E-state index contributed by atoms with van der Waals surface area (Å²) in [6, 6.07) is 9.66. The van der Waals surface area contributed by atoms with Gasteiger partial charge in [-0.15, -0.1) is 11.3 Å². The van der Waals surface area contributed by atoms with Crippen LogP contribution in [0.2, 0.25) is 0 Å². The lowest BCUT2D eigenvalue weighted by Crippen LogP contribution is -2.22. The molecule has 0 spiro atoms. The van der Waals surface area contributed by atoms with Gasteiger partial charge in [0.1, 0.15) is 0 Å². The van der Waals surface area contributed by atoms with Crippen molar-refractivity contribution in [1.82, 2.24) is 5.32 Å². The maximum absolute atomic E-state index is 11.7. The number of thiophene rings is 1. The van der Waals surface area contributed by atoms with Crippen LogP contribution in [0.5, 0.6) is 0 Å². The fraction of sp³-hybridized carbons (Fsp3) is 0.214. The fourth-order valence-electron chi connectivity index (χ4n) is 1.73. The second-order valence-electron chi connectivity index (χ2n) is 4.21. The summed E-state index contributed by atoms with van der Waals surface area (Å²) in [5.41, 5.74) is 7.61. The smallest absolute Gasteiger partial charge is 0.220 e. The lowest BCUT2D eigenvalue weighted by atomic mass is 10.1. The van der Waals surface area contributed by atoms with Gasteiger partial charge in [0.05, 0.1) is 6.54 Å². The summed E-state index contributed by atoms with van der Waals surface area (Å²) in [7, 11) is 0. The molecule has 0 atom stereocenters. The molecule has 1 aromatic carbocycles. The Balaban J connectivity index is 1.77. The van der Waals surface area contributed by atoms with Gasteiger partial charge in [-0.1, -0.05) is 18.2 Å². The van der Waals surface area contributed by atoms with Gasteiger partial charge in [-0.25, -0.2) is 0 Å². The molecule has 0 aliphatic rings. The van der Waals surface area contributed by atoms with Gasteiger partial charge in [0, 0.05) is 26.8 Å². The van der Waals surface area contributed by atoms with Crippen LogP contribution in [0.15, 0.2) is 40.2 Å². The predicted octanol–water partition coefficient (Wildman–Crippen LogP) is 3.34. The molecule has 1 amide bonds. The van der Waals surface area contributed by atoms with Crippen LogP contribution in [-0.4, -0.2) is 5.91 Å². The molecule has 2 aromatic rings. The highest BCUT2D eigenvalue weighted by Gasteiger charge is 2.05. The van der Waals surface area contributed by atoms with Crippen molar-refractivity contribution in [3.63, 3.8) is 0 Å². The Labute approximate surface area is 125 Å². The van der Waals surface area contributed by atoms with Crippen molar-refractivity contribution >= 4 is 38.9 Å². The van der Waals surface area contributed by atoms with Crippen LogP contribution in [-0.2, 0) is 17.8 Å². The molecule has 2 rings (SSSR count). The molecule has 0 radical (unpaired) electrons. The van der Waals surface area contributed by atoms with Gasteiger partial charge in [-0.3, -0.25) is 4.79 Å². The largest absolute Gasteiger partial charge is 0.399 e. The first-order valence-corrected chi connectivity index (χ1v) is 7.65. The molecular formula is C14H15BrN2OS. The first-order valence-electron chi connectivity index (χ1n) is 5.98. The molecule has 0 unspecified atom stereocenters. The predicted molar refractivity (Wildman–Crippen MR) is 83.0 cm³/mol.